The molecule has 0 heterocycles. The van der Waals surface area contributed by atoms with Gasteiger partial charge in [0.05, 0.1) is 4.90 Å². The van der Waals surface area contributed by atoms with Crippen LogP contribution in [0.2, 0.25) is 0 Å². The van der Waals surface area contributed by atoms with Gasteiger partial charge in [0.2, 0.25) is 15.9 Å². The van der Waals surface area contributed by atoms with Gasteiger partial charge in [-0.25, -0.2) is 8.42 Å². The van der Waals surface area contributed by atoms with Crippen LogP contribution in [0.15, 0.2) is 29.2 Å². The van der Waals surface area contributed by atoms with Crippen molar-refractivity contribution in [3.8, 4) is 0 Å². The van der Waals surface area contributed by atoms with E-state index in [1.165, 1.54) is 4.31 Å². The van der Waals surface area contributed by atoms with Crippen molar-refractivity contribution in [3.05, 3.63) is 29.8 Å². The van der Waals surface area contributed by atoms with E-state index in [9.17, 15) is 13.2 Å². The number of hydrogen-bond donors (Lipinski definition) is 2. The molecule has 1 aromatic rings. The Morgan fingerprint density at radius 3 is 2.23 bits per heavy atom. The van der Waals surface area contributed by atoms with E-state index in [2.05, 4.69) is 5.32 Å². The molecule has 1 fully saturated rings. The summed E-state index contributed by atoms with van der Waals surface area (Å²) in [6.45, 7) is 4.56. The smallest absolute Gasteiger partial charge is 0.243 e. The van der Waals surface area contributed by atoms with Gasteiger partial charge in [0.15, 0.2) is 0 Å². The fourth-order valence-corrected chi connectivity index (χ4v) is 4.82. The molecule has 1 amide bonds. The first-order chi connectivity index (χ1) is 12.4. The van der Waals surface area contributed by atoms with Crippen LogP contribution in [-0.2, 0) is 21.2 Å². The SMILES string of the molecule is CCN(CC)S(=O)(=O)c1ccc(CCC(=O)NC2CCC(N)CC2)cc1. The van der Waals surface area contributed by atoms with Gasteiger partial charge in [-0.15, -0.1) is 0 Å². The van der Waals surface area contributed by atoms with E-state index < -0.39 is 10.0 Å². The average Bonchev–Trinajstić information content (AvgIpc) is 2.63. The number of aryl methyl sites for hydroxylation is 1. The van der Waals surface area contributed by atoms with Gasteiger partial charge in [-0.05, 0) is 49.8 Å². The summed E-state index contributed by atoms with van der Waals surface area (Å²) in [7, 11) is -3.43. The topological polar surface area (TPSA) is 92.5 Å². The van der Waals surface area contributed by atoms with Crippen LogP contribution < -0.4 is 11.1 Å². The monoisotopic (exact) mass is 381 g/mol. The molecular weight excluding hydrogens is 350 g/mol. The fourth-order valence-electron chi connectivity index (χ4n) is 3.36. The predicted molar refractivity (Wildman–Crippen MR) is 103 cm³/mol. The van der Waals surface area contributed by atoms with E-state index in [1.807, 2.05) is 13.8 Å². The Morgan fingerprint density at radius 2 is 1.69 bits per heavy atom. The Bertz CT molecular complexity index is 676. The summed E-state index contributed by atoms with van der Waals surface area (Å²) in [5.74, 6) is 0.0466. The van der Waals surface area contributed by atoms with Crippen LogP contribution in [0.25, 0.3) is 0 Å². The molecule has 6 nitrogen and oxygen atoms in total. The largest absolute Gasteiger partial charge is 0.353 e. The average molecular weight is 382 g/mol. The molecule has 2 rings (SSSR count). The maximum atomic E-state index is 12.5. The molecule has 1 aliphatic rings. The van der Waals surface area contributed by atoms with Crippen LogP contribution >= 0.6 is 0 Å². The zero-order valence-corrected chi connectivity index (χ0v) is 16.6. The molecule has 26 heavy (non-hydrogen) atoms. The van der Waals surface area contributed by atoms with Crippen molar-refractivity contribution in [1.29, 1.82) is 0 Å². The second kappa shape index (κ2) is 9.48. The molecule has 0 bridgehead atoms. The lowest BCUT2D eigenvalue weighted by atomic mass is 9.92. The van der Waals surface area contributed by atoms with Crippen molar-refractivity contribution >= 4 is 15.9 Å². The van der Waals surface area contributed by atoms with Gasteiger partial charge in [-0.3, -0.25) is 4.79 Å². The minimum atomic E-state index is -3.43. The van der Waals surface area contributed by atoms with Crippen LogP contribution in [0.4, 0.5) is 0 Å². The van der Waals surface area contributed by atoms with E-state index in [-0.39, 0.29) is 18.0 Å². The number of amides is 1. The van der Waals surface area contributed by atoms with Crippen molar-refractivity contribution in [2.75, 3.05) is 13.1 Å². The summed E-state index contributed by atoms with van der Waals surface area (Å²) in [5, 5.41) is 3.08. The lowest BCUT2D eigenvalue weighted by molar-refractivity contribution is -0.122. The molecule has 0 spiro atoms. The number of rotatable bonds is 8. The van der Waals surface area contributed by atoms with Crippen LogP contribution in [0.5, 0.6) is 0 Å². The Morgan fingerprint density at radius 1 is 1.12 bits per heavy atom. The number of nitrogens with one attached hydrogen (secondary N) is 1. The zero-order valence-electron chi connectivity index (χ0n) is 15.8. The van der Waals surface area contributed by atoms with Crippen LogP contribution in [0.1, 0.15) is 51.5 Å². The lowest BCUT2D eigenvalue weighted by Gasteiger charge is -2.26. The highest BCUT2D eigenvalue weighted by molar-refractivity contribution is 7.89. The van der Waals surface area contributed by atoms with Crippen molar-refractivity contribution in [2.45, 2.75) is 69.4 Å². The van der Waals surface area contributed by atoms with Gasteiger partial charge < -0.3 is 11.1 Å². The maximum absolute atomic E-state index is 12.5. The van der Waals surface area contributed by atoms with Crippen molar-refractivity contribution in [2.24, 2.45) is 5.73 Å². The van der Waals surface area contributed by atoms with E-state index in [1.54, 1.807) is 24.3 Å². The molecule has 0 saturated heterocycles. The number of hydrogen-bond acceptors (Lipinski definition) is 4. The van der Waals surface area contributed by atoms with E-state index in [0.29, 0.717) is 30.8 Å². The minimum Gasteiger partial charge on any atom is -0.353 e. The molecule has 0 aromatic heterocycles. The number of carbonyl (C=O) groups excluding carboxylic acids is 1. The Labute approximate surface area is 157 Å². The first kappa shape index (κ1) is 20.9. The summed E-state index contributed by atoms with van der Waals surface area (Å²) >= 11 is 0. The highest BCUT2D eigenvalue weighted by Gasteiger charge is 2.22. The van der Waals surface area contributed by atoms with Crippen molar-refractivity contribution in [1.82, 2.24) is 9.62 Å². The predicted octanol–water partition coefficient (Wildman–Crippen LogP) is 2.04. The summed E-state index contributed by atoms with van der Waals surface area (Å²) in [5.41, 5.74) is 6.85. The van der Waals surface area contributed by atoms with Crippen molar-refractivity contribution < 1.29 is 13.2 Å². The number of nitrogens with two attached hydrogens (primary N) is 1. The van der Waals surface area contributed by atoms with Gasteiger partial charge in [0, 0.05) is 31.6 Å². The fraction of sp³-hybridized carbons (Fsp3) is 0.632. The molecule has 3 N–H and O–H groups in total. The van der Waals surface area contributed by atoms with Gasteiger partial charge in [0.1, 0.15) is 0 Å². The molecular formula is C19H31N3O3S. The lowest BCUT2D eigenvalue weighted by Crippen LogP contribution is -2.40. The van der Waals surface area contributed by atoms with Gasteiger partial charge in [-0.1, -0.05) is 26.0 Å². The molecule has 0 aliphatic heterocycles. The van der Waals surface area contributed by atoms with Crippen LogP contribution in [-0.4, -0.2) is 43.8 Å². The third-order valence-corrected chi connectivity index (χ3v) is 7.11. The van der Waals surface area contributed by atoms with Gasteiger partial charge in [0.25, 0.3) is 0 Å². The molecule has 146 valence electrons. The summed E-state index contributed by atoms with van der Waals surface area (Å²) in [6, 6.07) is 7.36. The number of carbonyl (C=O) groups is 1. The normalized spacial score (nSPS) is 20.9. The molecule has 0 unspecified atom stereocenters. The molecule has 0 radical (unpaired) electrons. The Balaban J connectivity index is 1.86. The quantitative estimate of drug-likeness (QED) is 0.721. The second-order valence-corrected chi connectivity index (χ2v) is 8.85. The minimum absolute atomic E-state index is 0.0466. The first-order valence-corrected chi connectivity index (χ1v) is 10.9. The Hall–Kier alpha value is -1.44. The standard InChI is InChI=1S/C19H31N3O3S/c1-3-22(4-2)26(24,25)18-12-5-15(6-13-18)7-14-19(23)21-17-10-8-16(20)9-11-17/h5-6,12-13,16-17H,3-4,7-11,14,20H2,1-2H3,(H,21,23). The third-order valence-electron chi connectivity index (χ3n) is 5.04. The highest BCUT2D eigenvalue weighted by Crippen LogP contribution is 2.18. The zero-order chi connectivity index (χ0) is 19.2. The Kier molecular flexibility index (Phi) is 7.61. The molecule has 1 aliphatic carbocycles. The van der Waals surface area contributed by atoms with Crippen molar-refractivity contribution in [3.63, 3.8) is 0 Å². The van der Waals surface area contributed by atoms with Gasteiger partial charge in [-0.2, -0.15) is 4.31 Å². The number of nitrogens with zero attached hydrogens (tertiary/aromatic N) is 1. The van der Waals surface area contributed by atoms with E-state index >= 15 is 0 Å². The summed E-state index contributed by atoms with van der Waals surface area (Å²) < 4.78 is 26.4. The number of sulfonamides is 1. The maximum Gasteiger partial charge on any atom is 0.243 e. The van der Waals surface area contributed by atoms with E-state index in [0.717, 1.165) is 31.2 Å². The second-order valence-electron chi connectivity index (χ2n) is 6.91. The number of benzene rings is 1. The van der Waals surface area contributed by atoms with Gasteiger partial charge >= 0.3 is 0 Å². The molecule has 7 heteroatoms. The summed E-state index contributed by atoms with van der Waals surface area (Å²) in [6.07, 6.45) is 4.84. The van der Waals surface area contributed by atoms with E-state index in [4.69, 9.17) is 5.73 Å². The van der Waals surface area contributed by atoms with Crippen LogP contribution in [0.3, 0.4) is 0 Å². The van der Waals surface area contributed by atoms with Crippen LogP contribution in [0, 0.1) is 0 Å². The third kappa shape index (κ3) is 5.53. The first-order valence-electron chi connectivity index (χ1n) is 9.50. The summed E-state index contributed by atoms with van der Waals surface area (Å²) in [4.78, 5) is 12.4. The molecule has 0 atom stereocenters. The highest BCUT2D eigenvalue weighted by atomic mass is 32.2. The molecule has 1 aromatic carbocycles. The molecule has 1 saturated carbocycles.